The minimum atomic E-state index is -2.14. The van der Waals surface area contributed by atoms with Crippen molar-refractivity contribution in [1.29, 1.82) is 0 Å². The maximum absolute atomic E-state index is 4.00. The van der Waals surface area contributed by atoms with Gasteiger partial charge in [0.25, 0.3) is 0 Å². The Labute approximate surface area is 230 Å². The summed E-state index contributed by atoms with van der Waals surface area (Å²) in [4.78, 5) is 0. The molecule has 0 heterocycles. The Hall–Kier alpha value is -0.279. The number of allylic oxidation sites excluding steroid dienone is 4. The second-order valence-corrected chi connectivity index (χ2v) is 13.2. The monoisotopic (exact) mass is 540 g/mol. The van der Waals surface area contributed by atoms with E-state index in [0.717, 1.165) is 12.8 Å². The zero-order valence-electron chi connectivity index (χ0n) is 20.4. The van der Waals surface area contributed by atoms with Gasteiger partial charge in [0.2, 0.25) is 0 Å². The predicted octanol–water partition coefficient (Wildman–Crippen LogP) is -2.74. The van der Waals surface area contributed by atoms with Gasteiger partial charge in [-0.2, -0.15) is 11.1 Å². The largest absolute Gasteiger partial charge is 4.00 e. The van der Waals surface area contributed by atoms with Crippen LogP contribution in [0.2, 0.25) is 11.1 Å². The molecule has 2 unspecified atom stereocenters. The van der Waals surface area contributed by atoms with Crippen molar-refractivity contribution >= 4 is 18.4 Å². The van der Waals surface area contributed by atoms with Gasteiger partial charge < -0.3 is 37.2 Å². The van der Waals surface area contributed by atoms with E-state index in [1.54, 1.807) is 5.19 Å². The summed E-state index contributed by atoms with van der Waals surface area (Å²) in [7, 11) is -2.14. The van der Waals surface area contributed by atoms with E-state index in [2.05, 4.69) is 103 Å². The Morgan fingerprint density at radius 2 is 1.28 bits per heavy atom. The van der Waals surface area contributed by atoms with Crippen LogP contribution in [-0.2, 0) is 34.6 Å². The molecule has 2 atom stereocenters. The van der Waals surface area contributed by atoms with Crippen molar-refractivity contribution in [3.63, 3.8) is 0 Å². The maximum atomic E-state index is 4.00. The number of aryl methyl sites for hydroxylation is 2. The summed E-state index contributed by atoms with van der Waals surface area (Å²) in [5.74, 6) is 0. The maximum Gasteiger partial charge on any atom is 4.00 e. The van der Waals surface area contributed by atoms with E-state index in [1.165, 1.54) is 39.1 Å². The summed E-state index contributed by atoms with van der Waals surface area (Å²) in [5.41, 5.74) is 7.23. The van der Waals surface area contributed by atoms with E-state index < -0.39 is 8.07 Å². The first-order valence-electron chi connectivity index (χ1n) is 10.8. The van der Waals surface area contributed by atoms with Gasteiger partial charge in [0, 0.05) is 0 Å². The minimum absolute atomic E-state index is 0. The first-order chi connectivity index (χ1) is 13.3. The molecule has 1 aliphatic carbocycles. The summed E-state index contributed by atoms with van der Waals surface area (Å²) in [6.45, 7) is 16.3. The molecule has 0 N–H and O–H groups in total. The topological polar surface area (TPSA) is 0 Å². The Morgan fingerprint density at radius 3 is 1.66 bits per heavy atom. The second-order valence-electron chi connectivity index (χ2n) is 8.50. The molecule has 0 spiro atoms. The van der Waals surface area contributed by atoms with Crippen LogP contribution >= 0.6 is 0 Å². The van der Waals surface area contributed by atoms with Crippen molar-refractivity contribution in [3.05, 3.63) is 82.5 Å². The number of benzene rings is 2. The SMILES string of the molecule is CCc1cc(CC)cc([Si](CC)(c2ccccc2)C2(C)[C-]=C(C)C(C)=C2C)c1.[Cl-].[Cl-].[Cl-].[Ti+4]. The van der Waals surface area contributed by atoms with Gasteiger partial charge in [-0.3, -0.25) is 6.08 Å². The molecule has 3 rings (SSSR count). The Balaban J connectivity index is 0. The molecule has 0 aromatic heterocycles. The molecule has 172 valence electrons. The third kappa shape index (κ3) is 5.51. The molecular formula is C27H35Cl3SiTi. The van der Waals surface area contributed by atoms with Gasteiger partial charge in [-0.05, 0) is 24.0 Å². The van der Waals surface area contributed by atoms with Crippen molar-refractivity contribution in [2.75, 3.05) is 0 Å². The van der Waals surface area contributed by atoms with E-state index in [1.807, 2.05) is 0 Å². The Bertz CT molecular complexity index is 917. The van der Waals surface area contributed by atoms with Gasteiger partial charge in [-0.15, -0.1) is 6.92 Å². The van der Waals surface area contributed by atoms with Crippen LogP contribution in [0.4, 0.5) is 0 Å². The molecule has 2 aromatic carbocycles. The summed E-state index contributed by atoms with van der Waals surface area (Å²) >= 11 is 0. The molecule has 0 fully saturated rings. The number of hydrogen-bond donors (Lipinski definition) is 0. The van der Waals surface area contributed by atoms with Crippen LogP contribution in [0.3, 0.4) is 0 Å². The number of rotatable bonds is 6. The van der Waals surface area contributed by atoms with E-state index in [4.69, 9.17) is 0 Å². The normalized spacial score (nSPS) is 18.9. The Morgan fingerprint density at radius 1 is 0.781 bits per heavy atom. The van der Waals surface area contributed by atoms with Crippen molar-refractivity contribution in [1.82, 2.24) is 0 Å². The molecule has 5 heteroatoms. The Kier molecular flexibility index (Phi) is 14.4. The average molecular weight is 542 g/mol. The molecule has 0 nitrogen and oxygen atoms in total. The first-order valence-corrected chi connectivity index (χ1v) is 13.0. The van der Waals surface area contributed by atoms with Gasteiger partial charge >= 0.3 is 21.7 Å². The van der Waals surface area contributed by atoms with Crippen LogP contribution in [0.25, 0.3) is 0 Å². The number of halogens is 3. The molecule has 0 bridgehead atoms. The van der Waals surface area contributed by atoms with Crippen molar-refractivity contribution < 1.29 is 58.9 Å². The van der Waals surface area contributed by atoms with Crippen LogP contribution in [0, 0.1) is 6.08 Å². The van der Waals surface area contributed by atoms with Crippen LogP contribution < -0.4 is 47.6 Å². The van der Waals surface area contributed by atoms with Gasteiger partial charge in [0.15, 0.2) is 0 Å². The first kappa shape index (κ1) is 33.9. The minimum Gasteiger partial charge on any atom is -1.00 e. The standard InChI is InChI=1S/C27H35Si.3ClH.Ti/c1-8-23-16-24(9-2)18-26(17-23)28(10-3,25-14-12-11-13-15-25)27(7)19-20(4)21(5)22(27)6;;;;/h11-18H,8-10H2,1-7H3;3*1H;/q-1;;;;+4/p-3. The van der Waals surface area contributed by atoms with Crippen LogP contribution in [0.1, 0.15) is 59.6 Å². The van der Waals surface area contributed by atoms with Gasteiger partial charge in [0.05, 0.1) is 0 Å². The average Bonchev–Trinajstić information content (AvgIpc) is 2.92. The van der Waals surface area contributed by atoms with E-state index in [0.29, 0.717) is 0 Å². The molecule has 32 heavy (non-hydrogen) atoms. The summed E-state index contributed by atoms with van der Waals surface area (Å²) < 4.78 is 0. The zero-order valence-corrected chi connectivity index (χ0v) is 25.2. The van der Waals surface area contributed by atoms with E-state index >= 15 is 0 Å². The third-order valence-corrected chi connectivity index (χ3v) is 13.2. The second kappa shape index (κ2) is 13.6. The fourth-order valence-corrected chi connectivity index (χ4v) is 11.2. The van der Waals surface area contributed by atoms with Gasteiger partial charge in [-0.25, -0.2) is 5.57 Å². The summed E-state index contributed by atoms with van der Waals surface area (Å²) in [6.07, 6.45) is 6.18. The zero-order chi connectivity index (χ0) is 20.5. The van der Waals surface area contributed by atoms with Crippen LogP contribution in [-0.4, -0.2) is 8.07 Å². The molecule has 1 aliphatic rings. The smallest absolute Gasteiger partial charge is 1.00 e. The van der Waals surface area contributed by atoms with E-state index in [-0.39, 0.29) is 64.0 Å². The quantitative estimate of drug-likeness (QED) is 0.275. The molecule has 0 amide bonds. The molecule has 0 radical (unpaired) electrons. The fourth-order valence-electron chi connectivity index (χ4n) is 5.29. The van der Waals surface area contributed by atoms with Crippen molar-refractivity contribution in [2.45, 2.75) is 72.4 Å². The van der Waals surface area contributed by atoms with Gasteiger partial charge in [0.1, 0.15) is 8.07 Å². The molecular weight excluding hydrogens is 507 g/mol. The molecule has 0 aliphatic heterocycles. The van der Waals surface area contributed by atoms with E-state index in [9.17, 15) is 0 Å². The number of hydrogen-bond acceptors (Lipinski definition) is 0. The molecule has 2 aromatic rings. The van der Waals surface area contributed by atoms with Crippen molar-refractivity contribution in [3.8, 4) is 0 Å². The predicted molar refractivity (Wildman–Crippen MR) is 126 cm³/mol. The van der Waals surface area contributed by atoms with Crippen LogP contribution in [0.15, 0.2) is 65.3 Å². The molecule has 0 saturated carbocycles. The fraction of sp³-hybridized carbons (Fsp3) is 0.407. The van der Waals surface area contributed by atoms with Crippen LogP contribution in [0.5, 0.6) is 0 Å². The van der Waals surface area contributed by atoms with Crippen molar-refractivity contribution in [2.24, 2.45) is 0 Å². The van der Waals surface area contributed by atoms with Gasteiger partial charge in [-0.1, -0.05) is 112 Å². The molecule has 0 saturated heterocycles. The summed E-state index contributed by atoms with van der Waals surface area (Å²) in [5, 5.41) is 3.09. The summed E-state index contributed by atoms with van der Waals surface area (Å²) in [6, 6.07) is 20.0. The third-order valence-electron chi connectivity index (χ3n) is 7.32.